The van der Waals surface area contributed by atoms with Gasteiger partial charge in [-0.25, -0.2) is 4.98 Å². The Balaban J connectivity index is 1.43. The summed E-state index contributed by atoms with van der Waals surface area (Å²) in [5.74, 6) is 1.07. The standard InChI is InChI=1S/C21H20N2O3S/c1-13-18(27-21(23-13)15-8-4-3-5-9-15)12-22-20(24)19-14(2)25-16-10-6-7-11-17(16)26-19/h3-11,14,19H,12H2,1-2H3,(H,22,24). The monoisotopic (exact) mass is 380 g/mol. The Labute approximate surface area is 162 Å². The van der Waals surface area contributed by atoms with Crippen molar-refractivity contribution in [3.63, 3.8) is 0 Å². The minimum absolute atomic E-state index is 0.189. The highest BCUT2D eigenvalue weighted by atomic mass is 32.1. The first kappa shape index (κ1) is 17.5. The second-order valence-corrected chi connectivity index (χ2v) is 7.50. The summed E-state index contributed by atoms with van der Waals surface area (Å²) < 4.78 is 11.7. The van der Waals surface area contributed by atoms with E-state index in [1.165, 1.54) is 0 Å². The van der Waals surface area contributed by atoms with Crippen molar-refractivity contribution < 1.29 is 14.3 Å². The molecule has 27 heavy (non-hydrogen) atoms. The molecule has 2 unspecified atom stereocenters. The summed E-state index contributed by atoms with van der Waals surface area (Å²) in [6.07, 6.45) is -1.04. The molecule has 0 radical (unpaired) electrons. The number of carbonyl (C=O) groups is 1. The van der Waals surface area contributed by atoms with Crippen LogP contribution >= 0.6 is 11.3 Å². The topological polar surface area (TPSA) is 60.5 Å². The van der Waals surface area contributed by atoms with Gasteiger partial charge in [0.05, 0.1) is 12.2 Å². The number of fused-ring (bicyclic) bond motifs is 1. The Morgan fingerprint density at radius 2 is 1.74 bits per heavy atom. The second kappa shape index (κ2) is 7.40. The zero-order chi connectivity index (χ0) is 18.8. The third-order valence-electron chi connectivity index (χ3n) is 4.44. The number of nitrogens with zero attached hydrogens (tertiary/aromatic N) is 1. The van der Waals surface area contributed by atoms with Gasteiger partial charge in [0.1, 0.15) is 11.1 Å². The first-order valence-electron chi connectivity index (χ1n) is 8.83. The van der Waals surface area contributed by atoms with Crippen LogP contribution in [-0.4, -0.2) is 23.1 Å². The van der Waals surface area contributed by atoms with Crippen molar-refractivity contribution in [2.75, 3.05) is 0 Å². The van der Waals surface area contributed by atoms with Gasteiger partial charge in [-0.05, 0) is 26.0 Å². The molecule has 1 aromatic heterocycles. The minimum atomic E-state index is -0.679. The molecule has 0 aliphatic carbocycles. The number of para-hydroxylation sites is 2. The average molecular weight is 380 g/mol. The van der Waals surface area contributed by atoms with E-state index in [2.05, 4.69) is 10.3 Å². The maximum Gasteiger partial charge on any atom is 0.265 e. The molecule has 0 saturated carbocycles. The van der Waals surface area contributed by atoms with Crippen LogP contribution in [0.1, 0.15) is 17.5 Å². The van der Waals surface area contributed by atoms with Gasteiger partial charge in [-0.15, -0.1) is 11.3 Å². The fourth-order valence-corrected chi connectivity index (χ4v) is 3.98. The molecule has 0 spiro atoms. The predicted molar refractivity (Wildman–Crippen MR) is 105 cm³/mol. The predicted octanol–water partition coefficient (Wildman–Crippen LogP) is 3.96. The van der Waals surface area contributed by atoms with E-state index in [0.29, 0.717) is 18.0 Å². The number of amides is 1. The normalized spacial score (nSPS) is 18.1. The molecule has 1 aliphatic heterocycles. The Morgan fingerprint density at radius 3 is 2.48 bits per heavy atom. The number of hydrogen-bond acceptors (Lipinski definition) is 5. The summed E-state index contributed by atoms with van der Waals surface area (Å²) in [6.45, 7) is 4.22. The Hall–Kier alpha value is -2.86. The maximum absolute atomic E-state index is 12.6. The molecule has 2 heterocycles. The van der Waals surface area contributed by atoms with Crippen LogP contribution in [-0.2, 0) is 11.3 Å². The Bertz CT molecular complexity index is 955. The molecule has 4 rings (SSSR count). The third-order valence-corrected chi connectivity index (χ3v) is 5.64. The number of ether oxygens (including phenoxy) is 2. The van der Waals surface area contributed by atoms with E-state index in [4.69, 9.17) is 9.47 Å². The van der Waals surface area contributed by atoms with Gasteiger partial charge in [0.2, 0.25) is 6.10 Å². The van der Waals surface area contributed by atoms with Gasteiger partial charge in [-0.1, -0.05) is 42.5 Å². The molecule has 1 aliphatic rings. The lowest BCUT2D eigenvalue weighted by Crippen LogP contribution is -2.48. The molecule has 5 nitrogen and oxygen atoms in total. The number of hydrogen-bond donors (Lipinski definition) is 1. The smallest absolute Gasteiger partial charge is 0.265 e. The summed E-state index contributed by atoms with van der Waals surface area (Å²) >= 11 is 1.59. The SMILES string of the molecule is Cc1nc(-c2ccccc2)sc1CNC(=O)C1Oc2ccccc2OC1C. The van der Waals surface area contributed by atoms with E-state index in [1.807, 2.05) is 62.4 Å². The van der Waals surface area contributed by atoms with Crippen LogP contribution in [0, 0.1) is 6.92 Å². The molecule has 6 heteroatoms. The van der Waals surface area contributed by atoms with E-state index in [9.17, 15) is 4.79 Å². The quantitative estimate of drug-likeness (QED) is 0.744. The van der Waals surface area contributed by atoms with E-state index in [0.717, 1.165) is 21.1 Å². The maximum atomic E-state index is 12.6. The van der Waals surface area contributed by atoms with Gasteiger partial charge < -0.3 is 14.8 Å². The summed E-state index contributed by atoms with van der Waals surface area (Å²) in [4.78, 5) is 18.3. The molecule has 1 N–H and O–H groups in total. The van der Waals surface area contributed by atoms with Crippen molar-refractivity contribution in [1.82, 2.24) is 10.3 Å². The number of benzene rings is 2. The zero-order valence-corrected chi connectivity index (χ0v) is 16.0. The fourth-order valence-electron chi connectivity index (χ4n) is 2.97. The lowest BCUT2D eigenvalue weighted by Gasteiger charge is -2.30. The van der Waals surface area contributed by atoms with Gasteiger partial charge in [0.15, 0.2) is 11.5 Å². The fraction of sp³-hybridized carbons (Fsp3) is 0.238. The van der Waals surface area contributed by atoms with Gasteiger partial charge in [0, 0.05) is 10.4 Å². The number of thiazole rings is 1. The first-order chi connectivity index (χ1) is 13.1. The highest BCUT2D eigenvalue weighted by molar-refractivity contribution is 7.15. The van der Waals surface area contributed by atoms with Crippen molar-refractivity contribution in [3.05, 3.63) is 65.2 Å². The van der Waals surface area contributed by atoms with Gasteiger partial charge in [0.25, 0.3) is 5.91 Å². The average Bonchev–Trinajstić information content (AvgIpc) is 3.07. The van der Waals surface area contributed by atoms with E-state index >= 15 is 0 Å². The summed E-state index contributed by atoms with van der Waals surface area (Å²) in [7, 11) is 0. The molecule has 1 amide bonds. The number of carbonyl (C=O) groups excluding carboxylic acids is 1. The summed E-state index contributed by atoms with van der Waals surface area (Å²) in [5, 5.41) is 3.92. The number of aryl methyl sites for hydroxylation is 1. The molecule has 3 aromatic rings. The number of rotatable bonds is 4. The van der Waals surface area contributed by atoms with Gasteiger partial charge in [-0.2, -0.15) is 0 Å². The van der Waals surface area contributed by atoms with E-state index < -0.39 is 6.10 Å². The minimum Gasteiger partial charge on any atom is -0.482 e. The van der Waals surface area contributed by atoms with Crippen LogP contribution in [0.2, 0.25) is 0 Å². The molecule has 2 atom stereocenters. The van der Waals surface area contributed by atoms with Crippen molar-refractivity contribution in [2.45, 2.75) is 32.6 Å². The number of aromatic nitrogens is 1. The molecule has 0 bridgehead atoms. The first-order valence-corrected chi connectivity index (χ1v) is 9.65. The van der Waals surface area contributed by atoms with Gasteiger partial charge >= 0.3 is 0 Å². The largest absolute Gasteiger partial charge is 0.482 e. The second-order valence-electron chi connectivity index (χ2n) is 6.42. The molecule has 0 saturated heterocycles. The molecular formula is C21H20N2O3S. The lowest BCUT2D eigenvalue weighted by molar-refractivity contribution is -0.133. The van der Waals surface area contributed by atoms with Crippen molar-refractivity contribution in [2.24, 2.45) is 0 Å². The van der Waals surface area contributed by atoms with E-state index in [-0.39, 0.29) is 12.0 Å². The van der Waals surface area contributed by atoms with Crippen LogP contribution in [0.25, 0.3) is 10.6 Å². The summed E-state index contributed by atoms with van der Waals surface area (Å²) in [5.41, 5.74) is 2.01. The molecule has 2 aromatic carbocycles. The van der Waals surface area contributed by atoms with Crippen LogP contribution in [0.3, 0.4) is 0 Å². The van der Waals surface area contributed by atoms with Crippen LogP contribution in [0.5, 0.6) is 11.5 Å². The Kier molecular flexibility index (Phi) is 4.81. The summed E-state index contributed by atoms with van der Waals surface area (Å²) in [6, 6.07) is 17.4. The molecular weight excluding hydrogens is 360 g/mol. The number of nitrogens with one attached hydrogen (secondary N) is 1. The third kappa shape index (κ3) is 3.66. The van der Waals surface area contributed by atoms with E-state index in [1.54, 1.807) is 17.4 Å². The van der Waals surface area contributed by atoms with Gasteiger partial charge in [-0.3, -0.25) is 4.79 Å². The molecule has 0 fully saturated rings. The van der Waals surface area contributed by atoms with Crippen molar-refractivity contribution in [3.8, 4) is 22.1 Å². The molecule has 138 valence electrons. The van der Waals surface area contributed by atoms with Crippen molar-refractivity contribution >= 4 is 17.2 Å². The van der Waals surface area contributed by atoms with Crippen LogP contribution < -0.4 is 14.8 Å². The van der Waals surface area contributed by atoms with Crippen LogP contribution in [0.4, 0.5) is 0 Å². The highest BCUT2D eigenvalue weighted by Crippen LogP contribution is 2.33. The Morgan fingerprint density at radius 1 is 1.07 bits per heavy atom. The highest BCUT2D eigenvalue weighted by Gasteiger charge is 2.33. The zero-order valence-electron chi connectivity index (χ0n) is 15.1. The lowest BCUT2D eigenvalue weighted by atomic mass is 10.1. The van der Waals surface area contributed by atoms with Crippen LogP contribution in [0.15, 0.2) is 54.6 Å². The van der Waals surface area contributed by atoms with Crippen molar-refractivity contribution in [1.29, 1.82) is 0 Å².